The Morgan fingerprint density at radius 3 is 2.64 bits per heavy atom. The first-order valence-corrected chi connectivity index (χ1v) is 12.5. The third-order valence-corrected chi connectivity index (χ3v) is 9.59. The summed E-state index contributed by atoms with van der Waals surface area (Å²) >= 11 is 0. The molecule has 0 bridgehead atoms. The molecule has 0 aromatic carbocycles. The SMILES string of the molecule is CCCCOC(=O)O[C@]1(C(=O)CO)CC[C@H]2[C@@H]3CCC4=CC(=O)CC[C@]4(C)[C@H]3[C@@H](O)C[C@@]21C. The predicted octanol–water partition coefficient (Wildman–Crippen LogP) is 3.74. The molecular weight excluding hydrogens is 424 g/mol. The van der Waals surface area contributed by atoms with Crippen LogP contribution in [0.25, 0.3) is 0 Å². The molecule has 0 aliphatic heterocycles. The van der Waals surface area contributed by atoms with Gasteiger partial charge in [0.25, 0.3) is 0 Å². The Morgan fingerprint density at radius 1 is 1.18 bits per heavy atom. The van der Waals surface area contributed by atoms with Gasteiger partial charge in [0.15, 0.2) is 11.4 Å². The number of Topliss-reactive ketones (excluding diaryl/α,β-unsaturated/α-hetero) is 1. The van der Waals surface area contributed by atoms with Gasteiger partial charge in [-0.2, -0.15) is 0 Å². The standard InChI is InChI=1S/C26H38O7/c1-4-5-12-32-23(31)33-26(21(30)15-27)11-9-19-18-7-6-16-13-17(28)8-10-24(16,2)22(18)20(29)14-25(19,26)3/h13,18-20,22,27,29H,4-12,14-15H2,1-3H3/t18-,19-,20-,22+,24-,25-,26-/m0/s1. The van der Waals surface area contributed by atoms with Crippen LogP contribution in [0.1, 0.15) is 78.6 Å². The number of carbonyl (C=O) groups is 3. The van der Waals surface area contributed by atoms with Crippen molar-refractivity contribution in [3.05, 3.63) is 11.6 Å². The highest BCUT2D eigenvalue weighted by molar-refractivity contribution is 5.92. The van der Waals surface area contributed by atoms with Crippen molar-refractivity contribution in [2.75, 3.05) is 13.2 Å². The molecule has 184 valence electrons. The summed E-state index contributed by atoms with van der Waals surface area (Å²) in [4.78, 5) is 37.8. The fourth-order valence-electron chi connectivity index (χ4n) is 7.96. The Balaban J connectivity index is 1.66. The quantitative estimate of drug-likeness (QED) is 0.457. The van der Waals surface area contributed by atoms with Gasteiger partial charge in [-0.05, 0) is 74.2 Å². The highest BCUT2D eigenvalue weighted by atomic mass is 16.7. The molecule has 4 aliphatic carbocycles. The second kappa shape index (κ2) is 8.81. The first kappa shape index (κ1) is 24.4. The molecule has 3 fully saturated rings. The summed E-state index contributed by atoms with van der Waals surface area (Å²) in [5.74, 6) is -0.126. The van der Waals surface area contributed by atoms with Crippen LogP contribution in [-0.4, -0.2) is 52.9 Å². The number of rotatable bonds is 6. The Morgan fingerprint density at radius 2 is 1.94 bits per heavy atom. The average Bonchev–Trinajstić information content (AvgIpc) is 3.06. The fourth-order valence-corrected chi connectivity index (χ4v) is 7.96. The smallest absolute Gasteiger partial charge is 0.434 e. The second-order valence-electron chi connectivity index (χ2n) is 11.1. The van der Waals surface area contributed by atoms with Crippen LogP contribution < -0.4 is 0 Å². The minimum Gasteiger partial charge on any atom is -0.434 e. The molecule has 0 radical (unpaired) electrons. The molecule has 7 nitrogen and oxygen atoms in total. The summed E-state index contributed by atoms with van der Waals surface area (Å²) in [5, 5.41) is 21.4. The van der Waals surface area contributed by atoms with Gasteiger partial charge in [-0.15, -0.1) is 0 Å². The minimum absolute atomic E-state index is 0.000194. The number of ketones is 2. The summed E-state index contributed by atoms with van der Waals surface area (Å²) < 4.78 is 11.0. The summed E-state index contributed by atoms with van der Waals surface area (Å²) in [7, 11) is 0. The van der Waals surface area contributed by atoms with E-state index in [4.69, 9.17) is 9.47 Å². The number of ether oxygens (including phenoxy) is 2. The van der Waals surface area contributed by atoms with Crippen molar-refractivity contribution in [3.8, 4) is 0 Å². The topological polar surface area (TPSA) is 110 Å². The van der Waals surface area contributed by atoms with Crippen LogP contribution in [0.5, 0.6) is 0 Å². The molecule has 0 aromatic rings. The van der Waals surface area contributed by atoms with Crippen molar-refractivity contribution >= 4 is 17.7 Å². The Hall–Kier alpha value is -1.73. The maximum absolute atomic E-state index is 13.1. The van der Waals surface area contributed by atoms with Crippen molar-refractivity contribution in [1.82, 2.24) is 0 Å². The van der Waals surface area contributed by atoms with Crippen LogP contribution in [0, 0.1) is 28.6 Å². The van der Waals surface area contributed by atoms with Gasteiger partial charge in [-0.3, -0.25) is 9.59 Å². The Bertz CT molecular complexity index is 850. The van der Waals surface area contributed by atoms with Crippen molar-refractivity contribution in [3.63, 3.8) is 0 Å². The third kappa shape index (κ3) is 3.66. The van der Waals surface area contributed by atoms with Crippen molar-refractivity contribution in [2.24, 2.45) is 28.6 Å². The van der Waals surface area contributed by atoms with Gasteiger partial charge < -0.3 is 19.7 Å². The Kier molecular flexibility index (Phi) is 6.51. The van der Waals surface area contributed by atoms with Crippen molar-refractivity contribution in [2.45, 2.75) is 90.3 Å². The number of fused-ring (bicyclic) bond motifs is 5. The lowest BCUT2D eigenvalue weighted by molar-refractivity contribution is -0.187. The van der Waals surface area contributed by atoms with E-state index in [0.29, 0.717) is 32.1 Å². The van der Waals surface area contributed by atoms with E-state index < -0.39 is 35.7 Å². The number of carbonyl (C=O) groups excluding carboxylic acids is 3. The fraction of sp³-hybridized carbons (Fsp3) is 0.808. The van der Waals surface area contributed by atoms with Crippen LogP contribution in [0.4, 0.5) is 4.79 Å². The largest absolute Gasteiger partial charge is 0.509 e. The molecule has 4 aliphatic rings. The zero-order chi connectivity index (χ0) is 24.0. The highest BCUT2D eigenvalue weighted by Crippen LogP contribution is 2.68. The van der Waals surface area contributed by atoms with Gasteiger partial charge in [0.05, 0.1) is 12.7 Å². The van der Waals surface area contributed by atoms with Gasteiger partial charge in [0, 0.05) is 11.8 Å². The van der Waals surface area contributed by atoms with Crippen LogP contribution in [0.15, 0.2) is 11.6 Å². The number of aliphatic hydroxyl groups excluding tert-OH is 2. The Labute approximate surface area is 195 Å². The van der Waals surface area contributed by atoms with Crippen molar-refractivity contribution < 1.29 is 34.1 Å². The van der Waals surface area contributed by atoms with Crippen LogP contribution in [0.3, 0.4) is 0 Å². The van der Waals surface area contributed by atoms with Crippen LogP contribution in [-0.2, 0) is 19.1 Å². The molecule has 3 saturated carbocycles. The third-order valence-electron chi connectivity index (χ3n) is 9.59. The molecule has 0 spiro atoms. The molecule has 0 saturated heterocycles. The number of allylic oxidation sites excluding steroid dienone is 1. The lowest BCUT2D eigenvalue weighted by Crippen LogP contribution is -2.63. The zero-order valence-corrected chi connectivity index (χ0v) is 20.1. The predicted molar refractivity (Wildman–Crippen MR) is 120 cm³/mol. The molecule has 2 N–H and O–H groups in total. The molecular formula is C26H38O7. The summed E-state index contributed by atoms with van der Waals surface area (Å²) in [6, 6.07) is 0. The summed E-state index contributed by atoms with van der Waals surface area (Å²) in [5.41, 5.74) is -1.38. The molecule has 0 amide bonds. The van der Waals surface area contributed by atoms with Crippen LogP contribution in [0.2, 0.25) is 0 Å². The number of hydrogen-bond acceptors (Lipinski definition) is 7. The van der Waals surface area contributed by atoms with Gasteiger partial charge in [0.2, 0.25) is 5.78 Å². The van der Waals surface area contributed by atoms with Crippen molar-refractivity contribution in [1.29, 1.82) is 0 Å². The number of hydrogen-bond donors (Lipinski definition) is 2. The summed E-state index contributed by atoms with van der Waals surface area (Å²) in [6.07, 6.45) is 5.99. The maximum atomic E-state index is 13.1. The first-order valence-electron chi connectivity index (χ1n) is 12.5. The molecule has 4 rings (SSSR count). The second-order valence-corrected chi connectivity index (χ2v) is 11.1. The molecule has 0 aromatic heterocycles. The molecule has 7 atom stereocenters. The van der Waals surface area contributed by atoms with Gasteiger partial charge in [-0.25, -0.2) is 4.79 Å². The zero-order valence-electron chi connectivity index (χ0n) is 20.1. The van der Waals surface area contributed by atoms with E-state index in [1.165, 1.54) is 0 Å². The van der Waals surface area contributed by atoms with E-state index >= 15 is 0 Å². The molecule has 33 heavy (non-hydrogen) atoms. The monoisotopic (exact) mass is 462 g/mol. The number of unbranched alkanes of at least 4 members (excludes halogenated alkanes) is 1. The molecule has 0 unspecified atom stereocenters. The maximum Gasteiger partial charge on any atom is 0.509 e. The highest BCUT2D eigenvalue weighted by Gasteiger charge is 2.70. The van der Waals surface area contributed by atoms with Gasteiger partial charge in [-0.1, -0.05) is 32.8 Å². The van der Waals surface area contributed by atoms with E-state index in [2.05, 4.69) is 6.92 Å². The van der Waals surface area contributed by atoms with E-state index in [1.54, 1.807) is 6.08 Å². The normalized spacial score (nSPS) is 42.0. The van der Waals surface area contributed by atoms with E-state index in [9.17, 15) is 24.6 Å². The minimum atomic E-state index is -1.50. The van der Waals surface area contributed by atoms with E-state index in [0.717, 1.165) is 31.3 Å². The molecule has 7 heteroatoms. The van der Waals surface area contributed by atoms with E-state index in [-0.39, 0.29) is 35.6 Å². The van der Waals surface area contributed by atoms with Gasteiger partial charge in [0.1, 0.15) is 6.61 Å². The first-order chi connectivity index (χ1) is 15.6. The lowest BCUT2D eigenvalue weighted by Gasteiger charge is -2.60. The van der Waals surface area contributed by atoms with Gasteiger partial charge >= 0.3 is 6.16 Å². The lowest BCUT2D eigenvalue weighted by atomic mass is 9.45. The summed E-state index contributed by atoms with van der Waals surface area (Å²) in [6.45, 7) is 5.60. The van der Waals surface area contributed by atoms with Crippen LogP contribution >= 0.6 is 0 Å². The van der Waals surface area contributed by atoms with E-state index in [1.807, 2.05) is 13.8 Å². The number of aliphatic hydroxyl groups is 2. The molecule has 0 heterocycles. The average molecular weight is 463 g/mol.